The molecule has 7 heteroatoms. The van der Waals surface area contributed by atoms with Crippen LogP contribution in [0.1, 0.15) is 77.7 Å². The largest absolute Gasteiger partial charge is 0.391 e. The summed E-state index contributed by atoms with van der Waals surface area (Å²) >= 11 is 0. The molecular formula is C24H41N5O2. The molecule has 1 saturated carbocycles. The number of piperidine rings is 2. The topological polar surface area (TPSA) is 73.6 Å². The molecule has 0 bridgehead atoms. The van der Waals surface area contributed by atoms with Crippen molar-refractivity contribution in [1.29, 1.82) is 0 Å². The van der Waals surface area contributed by atoms with Crippen molar-refractivity contribution in [3.8, 4) is 0 Å². The van der Waals surface area contributed by atoms with E-state index >= 15 is 0 Å². The van der Waals surface area contributed by atoms with Crippen molar-refractivity contribution in [2.45, 2.75) is 102 Å². The Morgan fingerprint density at radius 3 is 2.52 bits per heavy atom. The Hall–Kier alpha value is -1.44. The summed E-state index contributed by atoms with van der Waals surface area (Å²) in [5, 5.41) is 19.1. The van der Waals surface area contributed by atoms with Crippen molar-refractivity contribution in [3.63, 3.8) is 0 Å². The first-order valence-electron chi connectivity index (χ1n) is 12.5. The highest BCUT2D eigenvalue weighted by Crippen LogP contribution is 2.28. The molecule has 2 saturated heterocycles. The summed E-state index contributed by atoms with van der Waals surface area (Å²) < 4.78 is 1.57. The van der Waals surface area contributed by atoms with E-state index in [2.05, 4.69) is 29.0 Å². The Morgan fingerprint density at radius 2 is 1.77 bits per heavy atom. The lowest BCUT2D eigenvalue weighted by Gasteiger charge is -2.39. The second kappa shape index (κ2) is 10.5. The zero-order valence-corrected chi connectivity index (χ0v) is 19.4. The summed E-state index contributed by atoms with van der Waals surface area (Å²) in [5.74, 6) is 0.888. The lowest BCUT2D eigenvalue weighted by molar-refractivity contribution is 0.0669. The first-order valence-corrected chi connectivity index (χ1v) is 12.5. The fraction of sp³-hybridized carbons (Fsp3) is 0.833. The van der Waals surface area contributed by atoms with Crippen LogP contribution < -0.4 is 15.8 Å². The average molecular weight is 432 g/mol. The number of hydrogen-bond donors (Lipinski definition) is 2. The number of aromatic nitrogens is 2. The lowest BCUT2D eigenvalue weighted by Crippen LogP contribution is -2.51. The van der Waals surface area contributed by atoms with Crippen molar-refractivity contribution in [2.24, 2.45) is 0 Å². The predicted molar refractivity (Wildman–Crippen MR) is 125 cm³/mol. The molecule has 3 aliphatic rings. The summed E-state index contributed by atoms with van der Waals surface area (Å²) in [5.41, 5.74) is -0.0988. The van der Waals surface area contributed by atoms with Gasteiger partial charge in [0.05, 0.1) is 12.1 Å². The minimum absolute atomic E-state index is 0.0988. The summed E-state index contributed by atoms with van der Waals surface area (Å²) in [7, 11) is 0. The molecule has 0 radical (unpaired) electrons. The summed E-state index contributed by atoms with van der Waals surface area (Å²) in [6.07, 6.45) is 9.20. The van der Waals surface area contributed by atoms with Crippen LogP contribution in [0.5, 0.6) is 0 Å². The summed E-state index contributed by atoms with van der Waals surface area (Å²) in [4.78, 5) is 17.5. The number of likely N-dealkylation sites (tertiary alicyclic amines) is 1. The van der Waals surface area contributed by atoms with Gasteiger partial charge in [0.1, 0.15) is 5.82 Å². The summed E-state index contributed by atoms with van der Waals surface area (Å²) in [6.45, 7) is 8.88. The zero-order valence-electron chi connectivity index (χ0n) is 19.4. The van der Waals surface area contributed by atoms with Crippen molar-refractivity contribution >= 4 is 5.82 Å². The van der Waals surface area contributed by atoms with Crippen LogP contribution in [0.3, 0.4) is 0 Å². The highest BCUT2D eigenvalue weighted by molar-refractivity contribution is 5.39. The first-order chi connectivity index (χ1) is 15.0. The maximum Gasteiger partial charge on any atom is 0.267 e. The van der Waals surface area contributed by atoms with Gasteiger partial charge >= 0.3 is 0 Å². The Bertz CT molecular complexity index is 759. The molecule has 0 spiro atoms. The molecule has 1 aromatic rings. The Kier molecular flexibility index (Phi) is 7.67. The molecule has 1 aliphatic carbocycles. The molecule has 3 unspecified atom stereocenters. The van der Waals surface area contributed by atoms with E-state index < -0.39 is 6.10 Å². The zero-order chi connectivity index (χ0) is 21.8. The highest BCUT2D eigenvalue weighted by Gasteiger charge is 2.29. The molecule has 0 aromatic carbocycles. The molecule has 2 aliphatic heterocycles. The maximum atomic E-state index is 12.5. The third-order valence-corrected chi connectivity index (χ3v) is 7.64. The third-order valence-electron chi connectivity index (χ3n) is 7.64. The van der Waals surface area contributed by atoms with E-state index in [1.165, 1.54) is 32.4 Å². The highest BCUT2D eigenvalue weighted by atomic mass is 16.3. The van der Waals surface area contributed by atoms with Gasteiger partial charge in [-0.2, -0.15) is 5.10 Å². The summed E-state index contributed by atoms with van der Waals surface area (Å²) in [6, 6.07) is 4.98. The van der Waals surface area contributed by atoms with Gasteiger partial charge in [-0.3, -0.25) is 4.79 Å². The molecule has 174 valence electrons. The molecular weight excluding hydrogens is 390 g/mol. The van der Waals surface area contributed by atoms with Gasteiger partial charge in [0.25, 0.3) is 5.56 Å². The van der Waals surface area contributed by atoms with Crippen molar-refractivity contribution in [1.82, 2.24) is 20.0 Å². The van der Waals surface area contributed by atoms with Crippen molar-refractivity contribution in [3.05, 3.63) is 22.5 Å². The Labute approximate surface area is 186 Å². The number of rotatable bonds is 6. The maximum absolute atomic E-state index is 12.5. The molecule has 1 aromatic heterocycles. The number of hydrogen-bond acceptors (Lipinski definition) is 6. The molecule has 3 heterocycles. The number of anilines is 1. The van der Waals surface area contributed by atoms with Crippen LogP contribution in [0.4, 0.5) is 5.82 Å². The lowest BCUT2D eigenvalue weighted by atomic mass is 9.93. The van der Waals surface area contributed by atoms with E-state index in [0.29, 0.717) is 18.1 Å². The molecule has 2 N–H and O–H groups in total. The Balaban J connectivity index is 1.41. The average Bonchev–Trinajstić information content (AvgIpc) is 2.79. The standard InChI is InChI=1S/C24H41N5O2/c1-18(2)27-15-12-19(13-16-27)25-17-20-7-5-6-14-28(20)23-10-11-24(31)29(26-23)21-8-3-4-9-22(21)30/h10-11,18-22,25,30H,3-9,12-17H2,1-2H3. The van der Waals surface area contributed by atoms with E-state index in [9.17, 15) is 9.90 Å². The van der Waals surface area contributed by atoms with E-state index in [0.717, 1.165) is 57.4 Å². The minimum atomic E-state index is -0.468. The molecule has 3 fully saturated rings. The fourth-order valence-electron chi connectivity index (χ4n) is 5.62. The van der Waals surface area contributed by atoms with Gasteiger partial charge in [-0.1, -0.05) is 12.8 Å². The third kappa shape index (κ3) is 5.49. The van der Waals surface area contributed by atoms with Gasteiger partial charge in [0, 0.05) is 37.3 Å². The Morgan fingerprint density at radius 1 is 1.03 bits per heavy atom. The first kappa shape index (κ1) is 22.7. The van der Waals surface area contributed by atoms with Crippen LogP contribution in [-0.4, -0.2) is 70.2 Å². The SMILES string of the molecule is CC(C)N1CCC(NCC2CCCCN2c2ccc(=O)n(C3CCCCC3O)n2)CC1. The number of aliphatic hydroxyl groups is 1. The normalized spacial score (nSPS) is 28.9. The van der Waals surface area contributed by atoms with Gasteiger partial charge in [0.2, 0.25) is 0 Å². The van der Waals surface area contributed by atoms with E-state index in [1.807, 2.05) is 6.07 Å². The van der Waals surface area contributed by atoms with E-state index in [4.69, 9.17) is 5.10 Å². The molecule has 0 amide bonds. The van der Waals surface area contributed by atoms with Crippen LogP contribution in [0.2, 0.25) is 0 Å². The molecule has 31 heavy (non-hydrogen) atoms. The van der Waals surface area contributed by atoms with Crippen LogP contribution >= 0.6 is 0 Å². The van der Waals surface area contributed by atoms with Crippen LogP contribution in [0.25, 0.3) is 0 Å². The fourth-order valence-corrected chi connectivity index (χ4v) is 5.62. The second-order valence-electron chi connectivity index (χ2n) is 10.0. The second-order valence-corrected chi connectivity index (χ2v) is 10.0. The van der Waals surface area contributed by atoms with Crippen LogP contribution in [0, 0.1) is 0 Å². The van der Waals surface area contributed by atoms with Gasteiger partial charge in [-0.05, 0) is 77.9 Å². The monoisotopic (exact) mass is 431 g/mol. The predicted octanol–water partition coefficient (Wildman–Crippen LogP) is 2.54. The molecule has 4 rings (SSSR count). The van der Waals surface area contributed by atoms with Crippen molar-refractivity contribution in [2.75, 3.05) is 31.1 Å². The van der Waals surface area contributed by atoms with Crippen molar-refractivity contribution < 1.29 is 5.11 Å². The number of aliphatic hydroxyl groups excluding tert-OH is 1. The van der Waals surface area contributed by atoms with Crippen LogP contribution in [0.15, 0.2) is 16.9 Å². The molecule has 3 atom stereocenters. The van der Waals surface area contributed by atoms with Gasteiger partial charge in [-0.15, -0.1) is 0 Å². The van der Waals surface area contributed by atoms with Gasteiger partial charge in [0.15, 0.2) is 0 Å². The number of nitrogens with one attached hydrogen (secondary N) is 1. The van der Waals surface area contributed by atoms with Gasteiger partial charge in [-0.25, -0.2) is 4.68 Å². The molecule has 7 nitrogen and oxygen atoms in total. The smallest absolute Gasteiger partial charge is 0.267 e. The number of nitrogens with zero attached hydrogens (tertiary/aromatic N) is 4. The van der Waals surface area contributed by atoms with E-state index in [-0.39, 0.29) is 11.6 Å². The van der Waals surface area contributed by atoms with Gasteiger partial charge < -0.3 is 20.2 Å². The minimum Gasteiger partial charge on any atom is -0.391 e. The van der Waals surface area contributed by atoms with Crippen LogP contribution in [-0.2, 0) is 0 Å². The van der Waals surface area contributed by atoms with E-state index in [1.54, 1.807) is 10.7 Å². The quantitative estimate of drug-likeness (QED) is 0.721.